The summed E-state index contributed by atoms with van der Waals surface area (Å²) in [7, 11) is 0. The molecule has 0 aromatic heterocycles. The third kappa shape index (κ3) is 2.22. The molecule has 0 saturated carbocycles. The Hall–Kier alpha value is -0.170. The topological polar surface area (TPSA) is 0 Å². The van der Waals surface area contributed by atoms with Crippen LogP contribution in [0.4, 0.5) is 0 Å². The first-order valence-electron chi connectivity index (χ1n) is 3.78. The van der Waals surface area contributed by atoms with Crippen LogP contribution in [0.1, 0.15) is 19.8 Å². The van der Waals surface area contributed by atoms with Gasteiger partial charge in [0.2, 0.25) is 0 Å². The Morgan fingerprint density at radius 2 is 2.50 bits per heavy atom. The van der Waals surface area contributed by atoms with Gasteiger partial charge in [-0.1, -0.05) is 23.8 Å². The third-order valence-electron chi connectivity index (χ3n) is 1.87. The van der Waals surface area contributed by atoms with Crippen molar-refractivity contribution < 1.29 is 0 Å². The van der Waals surface area contributed by atoms with Crippen LogP contribution < -0.4 is 0 Å². The molecule has 0 heterocycles. The molecule has 1 rings (SSSR count). The minimum Gasteiger partial charge on any atom is -0.179 e. The predicted octanol–water partition coefficient (Wildman–Crippen LogP) is 2.83. The maximum absolute atomic E-state index is 4.20. The molecule has 0 amide bonds. The molecule has 0 aliphatic heterocycles. The highest BCUT2D eigenvalue weighted by molar-refractivity contribution is 7.80. The Bertz CT molecular complexity index is 156. The summed E-state index contributed by atoms with van der Waals surface area (Å²) in [6, 6.07) is 0. The van der Waals surface area contributed by atoms with Crippen LogP contribution in [-0.2, 0) is 0 Å². The SMILES string of the molecule is CC1=CCC(CCS)C=C1. The highest BCUT2D eigenvalue weighted by Gasteiger charge is 2.04. The van der Waals surface area contributed by atoms with E-state index >= 15 is 0 Å². The van der Waals surface area contributed by atoms with Crippen LogP contribution in [-0.4, -0.2) is 5.75 Å². The van der Waals surface area contributed by atoms with E-state index in [2.05, 4.69) is 37.8 Å². The van der Waals surface area contributed by atoms with E-state index in [0.29, 0.717) is 0 Å². The van der Waals surface area contributed by atoms with Gasteiger partial charge in [-0.15, -0.1) is 0 Å². The smallest absolute Gasteiger partial charge is 0.00922 e. The molecule has 0 spiro atoms. The van der Waals surface area contributed by atoms with Crippen molar-refractivity contribution in [3.05, 3.63) is 23.8 Å². The monoisotopic (exact) mass is 154 g/mol. The van der Waals surface area contributed by atoms with E-state index in [1.54, 1.807) is 0 Å². The Balaban J connectivity index is 2.37. The molecule has 1 unspecified atom stereocenters. The molecule has 0 nitrogen and oxygen atoms in total. The van der Waals surface area contributed by atoms with Crippen molar-refractivity contribution >= 4 is 12.6 Å². The van der Waals surface area contributed by atoms with E-state index in [4.69, 9.17) is 0 Å². The van der Waals surface area contributed by atoms with Crippen molar-refractivity contribution in [1.29, 1.82) is 0 Å². The number of hydrogen-bond acceptors (Lipinski definition) is 1. The Morgan fingerprint density at radius 3 is 3.00 bits per heavy atom. The van der Waals surface area contributed by atoms with Crippen molar-refractivity contribution in [3.8, 4) is 0 Å². The van der Waals surface area contributed by atoms with Crippen molar-refractivity contribution in [2.75, 3.05) is 5.75 Å². The first-order valence-corrected chi connectivity index (χ1v) is 4.42. The molecule has 0 aromatic rings. The molecule has 1 aliphatic carbocycles. The highest BCUT2D eigenvalue weighted by Crippen LogP contribution is 2.18. The van der Waals surface area contributed by atoms with Crippen molar-refractivity contribution in [2.24, 2.45) is 5.92 Å². The average Bonchev–Trinajstić information content (AvgIpc) is 1.95. The second-order valence-corrected chi connectivity index (χ2v) is 3.26. The zero-order valence-electron chi connectivity index (χ0n) is 6.38. The quantitative estimate of drug-likeness (QED) is 0.581. The van der Waals surface area contributed by atoms with E-state index in [-0.39, 0.29) is 0 Å². The largest absolute Gasteiger partial charge is 0.179 e. The molecule has 0 saturated heterocycles. The molecule has 1 atom stereocenters. The van der Waals surface area contributed by atoms with Gasteiger partial charge in [0, 0.05) is 0 Å². The van der Waals surface area contributed by atoms with E-state index in [1.807, 2.05) is 0 Å². The maximum Gasteiger partial charge on any atom is -0.00922 e. The van der Waals surface area contributed by atoms with Gasteiger partial charge in [-0.25, -0.2) is 0 Å². The van der Waals surface area contributed by atoms with Gasteiger partial charge in [0.05, 0.1) is 0 Å². The fourth-order valence-corrected chi connectivity index (χ4v) is 1.48. The Morgan fingerprint density at radius 1 is 1.70 bits per heavy atom. The molecule has 1 aliphatic rings. The summed E-state index contributed by atoms with van der Waals surface area (Å²) in [5, 5.41) is 0. The zero-order chi connectivity index (χ0) is 7.40. The molecular weight excluding hydrogens is 140 g/mol. The number of allylic oxidation sites excluding steroid dienone is 4. The maximum atomic E-state index is 4.20. The van der Waals surface area contributed by atoms with Crippen LogP contribution in [0, 0.1) is 5.92 Å². The minimum absolute atomic E-state index is 0.751. The molecule has 0 N–H and O–H groups in total. The lowest BCUT2D eigenvalue weighted by Crippen LogP contribution is -1.99. The number of hydrogen-bond donors (Lipinski definition) is 1. The lowest BCUT2D eigenvalue weighted by molar-refractivity contribution is 0.636. The summed E-state index contributed by atoms with van der Waals surface area (Å²) in [6.45, 7) is 2.15. The first-order chi connectivity index (χ1) is 4.83. The fraction of sp³-hybridized carbons (Fsp3) is 0.556. The summed E-state index contributed by atoms with van der Waals surface area (Å²) in [4.78, 5) is 0. The highest BCUT2D eigenvalue weighted by atomic mass is 32.1. The van der Waals surface area contributed by atoms with Gasteiger partial charge in [0.25, 0.3) is 0 Å². The second-order valence-electron chi connectivity index (χ2n) is 2.82. The predicted molar refractivity (Wildman–Crippen MR) is 49.5 cm³/mol. The normalized spacial score (nSPS) is 24.6. The third-order valence-corrected chi connectivity index (χ3v) is 2.13. The van der Waals surface area contributed by atoms with Crippen LogP contribution in [0.5, 0.6) is 0 Å². The zero-order valence-corrected chi connectivity index (χ0v) is 7.27. The van der Waals surface area contributed by atoms with Crippen LogP contribution >= 0.6 is 12.6 Å². The van der Waals surface area contributed by atoms with Gasteiger partial charge in [0.1, 0.15) is 0 Å². The van der Waals surface area contributed by atoms with Gasteiger partial charge < -0.3 is 0 Å². The van der Waals surface area contributed by atoms with Crippen molar-refractivity contribution in [2.45, 2.75) is 19.8 Å². The van der Waals surface area contributed by atoms with Crippen LogP contribution in [0.2, 0.25) is 0 Å². The molecule has 1 heteroatoms. The van der Waals surface area contributed by atoms with E-state index in [0.717, 1.165) is 11.7 Å². The van der Waals surface area contributed by atoms with Gasteiger partial charge in [-0.2, -0.15) is 12.6 Å². The molecule has 56 valence electrons. The van der Waals surface area contributed by atoms with Gasteiger partial charge in [-0.3, -0.25) is 0 Å². The van der Waals surface area contributed by atoms with E-state index in [1.165, 1.54) is 18.4 Å². The van der Waals surface area contributed by atoms with Crippen molar-refractivity contribution in [3.63, 3.8) is 0 Å². The molecular formula is C9H14S. The minimum atomic E-state index is 0.751. The average molecular weight is 154 g/mol. The fourth-order valence-electron chi connectivity index (χ4n) is 1.15. The van der Waals surface area contributed by atoms with Gasteiger partial charge in [0.15, 0.2) is 0 Å². The number of rotatable bonds is 2. The summed E-state index contributed by atoms with van der Waals surface area (Å²) < 4.78 is 0. The van der Waals surface area contributed by atoms with Crippen LogP contribution in [0.3, 0.4) is 0 Å². The molecule has 0 fully saturated rings. The number of thiol groups is 1. The lowest BCUT2D eigenvalue weighted by Gasteiger charge is -2.12. The first kappa shape index (κ1) is 7.93. The van der Waals surface area contributed by atoms with Crippen LogP contribution in [0.15, 0.2) is 23.8 Å². The van der Waals surface area contributed by atoms with E-state index < -0.39 is 0 Å². The summed E-state index contributed by atoms with van der Waals surface area (Å²) >= 11 is 4.20. The summed E-state index contributed by atoms with van der Waals surface area (Å²) in [5.41, 5.74) is 1.40. The van der Waals surface area contributed by atoms with Crippen molar-refractivity contribution in [1.82, 2.24) is 0 Å². The second kappa shape index (κ2) is 3.87. The Kier molecular flexibility index (Phi) is 3.07. The molecule has 0 aromatic carbocycles. The summed E-state index contributed by atoms with van der Waals surface area (Å²) in [5.74, 6) is 1.75. The van der Waals surface area contributed by atoms with Gasteiger partial charge in [-0.05, 0) is 31.4 Å². The molecule has 10 heavy (non-hydrogen) atoms. The molecule has 0 radical (unpaired) electrons. The van der Waals surface area contributed by atoms with Crippen LogP contribution in [0.25, 0.3) is 0 Å². The summed E-state index contributed by atoms with van der Waals surface area (Å²) in [6.07, 6.45) is 9.23. The molecule has 0 bridgehead atoms. The standard InChI is InChI=1S/C9H14S/c1-8-2-4-9(5-3-8)6-7-10/h2-4,9-10H,5-7H2,1H3. The lowest BCUT2D eigenvalue weighted by atomic mass is 9.95. The Labute approximate surface area is 68.4 Å². The van der Waals surface area contributed by atoms with E-state index in [9.17, 15) is 0 Å². The van der Waals surface area contributed by atoms with Gasteiger partial charge >= 0.3 is 0 Å².